The number of fused-ring (bicyclic) bond motifs is 1. The van der Waals surface area contributed by atoms with Crippen molar-refractivity contribution < 1.29 is 43.1 Å². The Balaban J connectivity index is 1.05. The van der Waals surface area contributed by atoms with E-state index in [0.717, 1.165) is 34.4 Å². The van der Waals surface area contributed by atoms with Crippen molar-refractivity contribution in [3.8, 4) is 5.75 Å². The second-order valence-electron chi connectivity index (χ2n) is 11.7. The van der Waals surface area contributed by atoms with E-state index in [2.05, 4.69) is 10.6 Å². The molecule has 3 aliphatic rings. The van der Waals surface area contributed by atoms with E-state index >= 15 is 0 Å². The molecule has 0 aliphatic carbocycles. The molecule has 264 valence electrons. The van der Waals surface area contributed by atoms with Crippen LogP contribution in [0.15, 0.2) is 88.7 Å². The van der Waals surface area contributed by atoms with Crippen molar-refractivity contribution in [2.75, 3.05) is 23.4 Å². The first-order valence-electron chi connectivity index (χ1n) is 15.4. The fourth-order valence-electron chi connectivity index (χ4n) is 5.75. The topological polar surface area (TPSA) is 163 Å². The number of β-lactam (4-membered cyclic amide) rings is 1. The van der Waals surface area contributed by atoms with Crippen molar-refractivity contribution in [1.82, 2.24) is 15.1 Å². The molecule has 6 rings (SSSR count). The molecule has 0 bridgehead atoms. The highest BCUT2D eigenvalue weighted by molar-refractivity contribution is 8.00. The summed E-state index contributed by atoms with van der Waals surface area (Å²) in [6.45, 7) is 0.604. The van der Waals surface area contributed by atoms with Crippen LogP contribution in [-0.2, 0) is 37.1 Å². The maximum atomic E-state index is 13.6. The summed E-state index contributed by atoms with van der Waals surface area (Å²) in [4.78, 5) is 67.0. The molecule has 4 amide bonds. The Morgan fingerprint density at radius 2 is 1.82 bits per heavy atom. The number of phenols is 1. The summed E-state index contributed by atoms with van der Waals surface area (Å²) in [5.41, 5.74) is 1.34. The lowest BCUT2D eigenvalue weighted by Crippen LogP contribution is -2.71. The number of halogens is 3. The number of anilines is 1. The van der Waals surface area contributed by atoms with Gasteiger partial charge < -0.3 is 30.5 Å². The number of benzene rings is 2. The fraction of sp³-hybridized carbons (Fsp3) is 0.235. The highest BCUT2D eigenvalue weighted by Gasteiger charge is 2.52. The number of carbonyl (C=O) groups excluding carboxylic acids is 5. The van der Waals surface area contributed by atoms with Gasteiger partial charge in [0, 0.05) is 53.2 Å². The first-order valence-corrected chi connectivity index (χ1v) is 18.2. The van der Waals surface area contributed by atoms with Gasteiger partial charge >= 0.3 is 0 Å². The van der Waals surface area contributed by atoms with Gasteiger partial charge in [0.25, 0.3) is 11.8 Å². The zero-order valence-electron chi connectivity index (χ0n) is 26.4. The minimum Gasteiger partial charge on any atom is -0.543 e. The number of aliphatic carboxylic acids is 1. The number of nitrogens with one attached hydrogen (secondary N) is 2. The van der Waals surface area contributed by atoms with Crippen LogP contribution >= 0.6 is 46.7 Å². The minimum atomic E-state index is -1.56. The predicted molar refractivity (Wildman–Crippen MR) is 186 cm³/mol. The van der Waals surface area contributed by atoms with Crippen LogP contribution in [0.2, 0.25) is 10.0 Å². The molecule has 17 heteroatoms. The summed E-state index contributed by atoms with van der Waals surface area (Å²) < 4.78 is 15.2. The largest absolute Gasteiger partial charge is 0.543 e. The molecule has 0 radical (unpaired) electrons. The van der Waals surface area contributed by atoms with Crippen LogP contribution in [0.5, 0.6) is 5.75 Å². The number of amides is 4. The van der Waals surface area contributed by atoms with E-state index in [9.17, 15) is 38.6 Å². The molecule has 4 heterocycles. The zero-order chi connectivity index (χ0) is 36.4. The Bertz CT molecular complexity index is 1990. The average molecular weight is 773 g/mol. The lowest BCUT2D eigenvalue weighted by Gasteiger charge is -2.50. The van der Waals surface area contributed by atoms with Gasteiger partial charge in [0.2, 0.25) is 18.4 Å². The van der Waals surface area contributed by atoms with Crippen molar-refractivity contribution in [3.05, 3.63) is 105 Å². The van der Waals surface area contributed by atoms with Crippen LogP contribution in [0.1, 0.15) is 12.0 Å². The molecule has 2 fully saturated rings. The number of phenolic OH excluding ortho intramolecular Hbond substituents is 1. The van der Waals surface area contributed by atoms with Crippen LogP contribution < -0.4 is 20.3 Å². The van der Waals surface area contributed by atoms with Gasteiger partial charge in [-0.25, -0.2) is 4.39 Å². The number of likely N-dealkylation sites (tertiary alicyclic amines) is 1. The van der Waals surface area contributed by atoms with Crippen molar-refractivity contribution >= 4 is 82.0 Å². The molecule has 12 nitrogen and oxygen atoms in total. The number of carboxylic acid groups (broad SMARTS) is 1. The molecule has 2 atom stereocenters. The lowest BCUT2D eigenvalue weighted by molar-refractivity contribution is -0.684. The fourth-order valence-corrected chi connectivity index (χ4v) is 8.55. The number of rotatable bonds is 11. The van der Waals surface area contributed by atoms with Crippen LogP contribution in [-0.4, -0.2) is 74.0 Å². The van der Waals surface area contributed by atoms with Gasteiger partial charge in [-0.1, -0.05) is 29.3 Å². The maximum absolute atomic E-state index is 13.6. The molecule has 0 saturated carbocycles. The van der Waals surface area contributed by atoms with Gasteiger partial charge in [0.1, 0.15) is 11.4 Å². The Morgan fingerprint density at radius 3 is 2.51 bits per heavy atom. The summed E-state index contributed by atoms with van der Waals surface area (Å²) in [7, 11) is 0. The van der Waals surface area contributed by atoms with Crippen molar-refractivity contribution in [2.45, 2.75) is 35.8 Å². The molecule has 3 aliphatic heterocycles. The summed E-state index contributed by atoms with van der Waals surface area (Å²) in [6, 6.07) is 11.1. The Morgan fingerprint density at radius 1 is 1.10 bits per heavy atom. The molecule has 3 aromatic rings. The number of hydrogen-bond acceptors (Lipinski definition) is 9. The smallest absolute Gasteiger partial charge is 0.290 e. The number of carboxylic acids is 1. The number of allylic oxidation sites excluding steroid dienone is 1. The lowest BCUT2D eigenvalue weighted by atomic mass is 10.0. The van der Waals surface area contributed by atoms with Crippen LogP contribution in [0.4, 0.5) is 10.1 Å². The van der Waals surface area contributed by atoms with Gasteiger partial charge in [-0.2, -0.15) is 4.57 Å². The Hall–Kier alpha value is -4.57. The standard InChI is InChI=1S/C34H28Cl2FN5O7S2/c35-22-2-1-3-23(36)30(22)50-17-27(45)39-28-32(47)42-29(34(48)49)20(16-51-33(28)42)12-19-8-11-41(31(19)46)14-18-6-9-40(10-7-18)15-26(44)38-21-4-5-25(43)24(37)13-21/h1-7,9-10,12-13,28,33H,8,11,14-17H2,(H3-,38,39,43,44,45,48,49)/b19-12+/t28-,33-/m1/s1. The molecule has 51 heavy (non-hydrogen) atoms. The average Bonchev–Trinajstić information content (AvgIpc) is 3.43. The van der Waals surface area contributed by atoms with E-state index in [-0.39, 0.29) is 47.5 Å². The SMILES string of the molecule is O=C(C[n+]1ccc(CN2CC/C(=C\C3=C(C(=O)[O-])N4C(=O)[C@@H](NC(=O)CSc5c(Cl)cccc5Cl)[C@H]4SC3)C2=O)cc1)Nc1ccc(O)c(F)c1. The third-order valence-corrected chi connectivity index (χ3v) is 11.5. The van der Waals surface area contributed by atoms with E-state index in [4.69, 9.17) is 23.2 Å². The van der Waals surface area contributed by atoms with Crippen LogP contribution in [0.25, 0.3) is 0 Å². The monoisotopic (exact) mass is 771 g/mol. The molecular weight excluding hydrogens is 744 g/mol. The normalized spacial score (nSPS) is 19.2. The molecule has 0 spiro atoms. The zero-order valence-corrected chi connectivity index (χ0v) is 29.6. The Labute approximate surface area is 309 Å². The number of carbonyl (C=O) groups is 5. The predicted octanol–water partition coefficient (Wildman–Crippen LogP) is 2.62. The number of aromatic hydroxyl groups is 1. The summed E-state index contributed by atoms with van der Waals surface area (Å²) in [5, 5.41) is 26.9. The molecule has 2 saturated heterocycles. The first-order chi connectivity index (χ1) is 24.4. The van der Waals surface area contributed by atoms with Crippen molar-refractivity contribution in [2.24, 2.45) is 0 Å². The van der Waals surface area contributed by atoms with Crippen LogP contribution in [0.3, 0.4) is 0 Å². The molecule has 2 aromatic carbocycles. The number of pyridine rings is 1. The first kappa shape index (κ1) is 36.2. The van der Waals surface area contributed by atoms with E-state index in [1.807, 2.05) is 0 Å². The third kappa shape index (κ3) is 8.01. The Kier molecular flexibility index (Phi) is 10.9. The summed E-state index contributed by atoms with van der Waals surface area (Å²) in [6.07, 6.45) is 5.21. The highest BCUT2D eigenvalue weighted by Crippen LogP contribution is 2.41. The van der Waals surface area contributed by atoms with E-state index in [1.54, 1.807) is 52.2 Å². The number of thioether (sulfide) groups is 2. The summed E-state index contributed by atoms with van der Waals surface area (Å²) >= 11 is 14.7. The quantitative estimate of drug-likeness (QED) is 0.0875. The highest BCUT2D eigenvalue weighted by atomic mass is 35.5. The van der Waals surface area contributed by atoms with E-state index in [0.29, 0.717) is 33.5 Å². The maximum Gasteiger partial charge on any atom is 0.290 e. The van der Waals surface area contributed by atoms with Crippen LogP contribution in [0, 0.1) is 5.82 Å². The van der Waals surface area contributed by atoms with Gasteiger partial charge in [-0.15, -0.1) is 23.5 Å². The molecule has 0 unspecified atom stereocenters. The summed E-state index contributed by atoms with van der Waals surface area (Å²) in [5.74, 6) is -4.53. The molecular formula is C34H28Cl2FN5O7S2. The number of hydrogen-bond donors (Lipinski definition) is 3. The third-order valence-electron chi connectivity index (χ3n) is 8.23. The number of nitrogens with zero attached hydrogens (tertiary/aromatic N) is 3. The second kappa shape index (κ2) is 15.4. The molecule has 1 aromatic heterocycles. The minimum absolute atomic E-state index is 0.0579. The van der Waals surface area contributed by atoms with Gasteiger partial charge in [-0.05, 0) is 47.9 Å². The van der Waals surface area contributed by atoms with E-state index in [1.165, 1.54) is 23.9 Å². The van der Waals surface area contributed by atoms with Crippen molar-refractivity contribution in [3.63, 3.8) is 0 Å². The molecule has 3 N–H and O–H groups in total. The van der Waals surface area contributed by atoms with Gasteiger partial charge in [-0.3, -0.25) is 24.1 Å². The van der Waals surface area contributed by atoms with Gasteiger partial charge in [0.15, 0.2) is 24.0 Å². The second-order valence-corrected chi connectivity index (χ2v) is 14.6. The number of aromatic nitrogens is 1. The van der Waals surface area contributed by atoms with Crippen molar-refractivity contribution in [1.29, 1.82) is 0 Å². The van der Waals surface area contributed by atoms with E-state index < -0.39 is 46.7 Å². The van der Waals surface area contributed by atoms with Gasteiger partial charge in [0.05, 0.1) is 27.5 Å².